The van der Waals surface area contributed by atoms with Crippen molar-refractivity contribution in [2.45, 2.75) is 32.2 Å². The molecule has 0 spiro atoms. The molecule has 156 valence electrons. The summed E-state index contributed by atoms with van der Waals surface area (Å²) in [5.41, 5.74) is 2.41. The van der Waals surface area contributed by atoms with Crippen molar-refractivity contribution in [3.05, 3.63) is 60.2 Å². The summed E-state index contributed by atoms with van der Waals surface area (Å²) < 4.78 is 5.49. The number of hydrogen-bond donors (Lipinski definition) is 1. The predicted octanol–water partition coefficient (Wildman–Crippen LogP) is 3.52. The molecule has 2 aromatic rings. The van der Waals surface area contributed by atoms with E-state index in [9.17, 15) is 4.79 Å². The van der Waals surface area contributed by atoms with Crippen molar-refractivity contribution in [2.75, 3.05) is 44.7 Å². The summed E-state index contributed by atoms with van der Waals surface area (Å²) >= 11 is 0. The average molecular weight is 396 g/mol. The van der Waals surface area contributed by atoms with Crippen LogP contribution in [0.1, 0.15) is 31.7 Å². The molecule has 0 aliphatic carbocycles. The van der Waals surface area contributed by atoms with E-state index in [1.807, 2.05) is 31.2 Å². The first-order valence-electron chi connectivity index (χ1n) is 10.6. The van der Waals surface area contributed by atoms with Gasteiger partial charge in [0.1, 0.15) is 5.75 Å². The molecule has 3 rings (SSSR count). The summed E-state index contributed by atoms with van der Waals surface area (Å²) in [5.74, 6) is 1.37. The minimum absolute atomic E-state index is 0.116. The average Bonchev–Trinajstić information content (AvgIpc) is 2.79. The maximum absolute atomic E-state index is 12.8. The number of nitrogens with zero attached hydrogens (tertiary/aromatic N) is 2. The summed E-state index contributed by atoms with van der Waals surface area (Å²) in [6.45, 7) is 8.37. The molecule has 2 atom stereocenters. The quantitative estimate of drug-likeness (QED) is 0.743. The van der Waals surface area contributed by atoms with E-state index in [1.165, 1.54) is 5.56 Å². The van der Waals surface area contributed by atoms with Gasteiger partial charge in [0.25, 0.3) is 0 Å². The van der Waals surface area contributed by atoms with Crippen LogP contribution >= 0.6 is 0 Å². The number of nitrogens with one attached hydrogen (secondary N) is 1. The summed E-state index contributed by atoms with van der Waals surface area (Å²) in [4.78, 5) is 17.4. The molecule has 0 aromatic heterocycles. The van der Waals surface area contributed by atoms with Crippen LogP contribution in [0.25, 0.3) is 0 Å². The largest absolute Gasteiger partial charge is 0.495 e. The van der Waals surface area contributed by atoms with Gasteiger partial charge in [-0.1, -0.05) is 49.4 Å². The number of rotatable bonds is 8. The van der Waals surface area contributed by atoms with Crippen LogP contribution in [-0.2, 0) is 4.79 Å². The molecular formula is C24H33N3O2. The molecule has 0 unspecified atom stereocenters. The number of ether oxygens (including phenoxy) is 1. The third-order valence-electron chi connectivity index (χ3n) is 5.95. The van der Waals surface area contributed by atoms with Gasteiger partial charge in [0, 0.05) is 38.6 Å². The topological polar surface area (TPSA) is 44.8 Å². The third kappa shape index (κ3) is 5.30. The molecule has 1 N–H and O–H groups in total. The number of carbonyl (C=O) groups excluding carboxylic acids is 1. The van der Waals surface area contributed by atoms with Crippen LogP contribution in [0.5, 0.6) is 5.75 Å². The third-order valence-corrected chi connectivity index (χ3v) is 5.95. The molecule has 1 saturated heterocycles. The number of amides is 1. The van der Waals surface area contributed by atoms with Gasteiger partial charge in [-0.15, -0.1) is 0 Å². The van der Waals surface area contributed by atoms with Crippen LogP contribution in [0, 0.1) is 0 Å². The molecule has 0 saturated carbocycles. The first-order valence-corrected chi connectivity index (χ1v) is 10.6. The Balaban J connectivity index is 1.51. The van der Waals surface area contributed by atoms with Gasteiger partial charge in [-0.25, -0.2) is 0 Å². The monoisotopic (exact) mass is 395 g/mol. The lowest BCUT2D eigenvalue weighted by molar-refractivity contribution is -0.126. The molecule has 1 amide bonds. The van der Waals surface area contributed by atoms with Gasteiger partial charge < -0.3 is 15.0 Å². The van der Waals surface area contributed by atoms with Gasteiger partial charge >= 0.3 is 0 Å². The Bertz CT molecular complexity index is 773. The Morgan fingerprint density at radius 2 is 1.69 bits per heavy atom. The van der Waals surface area contributed by atoms with E-state index in [1.54, 1.807) is 7.11 Å². The highest BCUT2D eigenvalue weighted by Gasteiger charge is 2.26. The van der Waals surface area contributed by atoms with Crippen LogP contribution in [0.2, 0.25) is 0 Å². The fraction of sp³-hybridized carbons (Fsp3) is 0.458. The Morgan fingerprint density at radius 1 is 1.03 bits per heavy atom. The van der Waals surface area contributed by atoms with E-state index in [2.05, 4.69) is 52.4 Å². The predicted molar refractivity (Wildman–Crippen MR) is 119 cm³/mol. The molecule has 1 aliphatic heterocycles. The van der Waals surface area contributed by atoms with Crippen LogP contribution < -0.4 is 15.0 Å². The SMILES string of the molecule is CC[C@H](CNC(=O)[C@@H](C)N1CCN(c2ccccc2OC)CC1)c1ccccc1. The molecule has 5 heteroatoms. The second-order valence-electron chi connectivity index (χ2n) is 7.63. The molecule has 2 aromatic carbocycles. The smallest absolute Gasteiger partial charge is 0.237 e. The van der Waals surface area contributed by atoms with Crippen molar-refractivity contribution in [3.8, 4) is 5.75 Å². The molecule has 5 nitrogen and oxygen atoms in total. The first kappa shape index (κ1) is 21.2. The molecule has 0 radical (unpaired) electrons. The van der Waals surface area contributed by atoms with Gasteiger partial charge in [0.05, 0.1) is 18.8 Å². The van der Waals surface area contributed by atoms with Crippen molar-refractivity contribution < 1.29 is 9.53 Å². The number of para-hydroxylation sites is 2. The van der Waals surface area contributed by atoms with Crippen molar-refractivity contribution >= 4 is 11.6 Å². The second kappa shape index (κ2) is 10.3. The van der Waals surface area contributed by atoms with E-state index in [0.717, 1.165) is 44.0 Å². The van der Waals surface area contributed by atoms with Crippen LogP contribution in [0.3, 0.4) is 0 Å². The van der Waals surface area contributed by atoms with Crippen LogP contribution in [0.4, 0.5) is 5.69 Å². The van der Waals surface area contributed by atoms with Crippen LogP contribution in [-0.4, -0.2) is 56.7 Å². The molecule has 29 heavy (non-hydrogen) atoms. The summed E-state index contributed by atoms with van der Waals surface area (Å²) in [6.07, 6.45) is 1.01. The van der Waals surface area contributed by atoms with Crippen molar-refractivity contribution in [2.24, 2.45) is 0 Å². The zero-order valence-corrected chi connectivity index (χ0v) is 17.8. The fourth-order valence-electron chi connectivity index (χ4n) is 4.00. The lowest BCUT2D eigenvalue weighted by Crippen LogP contribution is -2.54. The summed E-state index contributed by atoms with van der Waals surface area (Å²) in [7, 11) is 1.71. The minimum Gasteiger partial charge on any atom is -0.495 e. The van der Waals surface area contributed by atoms with E-state index < -0.39 is 0 Å². The number of carbonyl (C=O) groups is 1. The van der Waals surface area contributed by atoms with Gasteiger partial charge in [-0.05, 0) is 31.0 Å². The highest BCUT2D eigenvalue weighted by Crippen LogP contribution is 2.28. The van der Waals surface area contributed by atoms with E-state index in [0.29, 0.717) is 12.5 Å². The standard InChI is InChI=1S/C24H33N3O2/c1-4-20(21-10-6-5-7-11-21)18-25-24(28)19(2)26-14-16-27(17-15-26)22-12-8-9-13-23(22)29-3/h5-13,19-20H,4,14-18H2,1-3H3,(H,25,28)/t19-,20-/m1/s1. The number of hydrogen-bond acceptors (Lipinski definition) is 4. The molecule has 1 aliphatic rings. The first-order chi connectivity index (χ1) is 14.1. The Morgan fingerprint density at radius 3 is 2.34 bits per heavy atom. The van der Waals surface area contributed by atoms with Crippen molar-refractivity contribution in [1.82, 2.24) is 10.2 Å². The molecular weight excluding hydrogens is 362 g/mol. The van der Waals surface area contributed by atoms with Crippen LogP contribution in [0.15, 0.2) is 54.6 Å². The highest BCUT2D eigenvalue weighted by molar-refractivity contribution is 5.81. The van der Waals surface area contributed by atoms with E-state index in [-0.39, 0.29) is 11.9 Å². The van der Waals surface area contributed by atoms with Gasteiger partial charge in [0.2, 0.25) is 5.91 Å². The Kier molecular flexibility index (Phi) is 7.53. The Hall–Kier alpha value is -2.53. The number of anilines is 1. The normalized spacial score (nSPS) is 16.9. The van der Waals surface area contributed by atoms with Crippen molar-refractivity contribution in [1.29, 1.82) is 0 Å². The minimum atomic E-state index is -0.122. The Labute approximate surface area is 174 Å². The summed E-state index contributed by atoms with van der Waals surface area (Å²) in [6, 6.07) is 18.4. The maximum Gasteiger partial charge on any atom is 0.237 e. The zero-order chi connectivity index (χ0) is 20.6. The number of methoxy groups -OCH3 is 1. The van der Waals surface area contributed by atoms with E-state index in [4.69, 9.17) is 4.74 Å². The van der Waals surface area contributed by atoms with Crippen molar-refractivity contribution in [3.63, 3.8) is 0 Å². The summed E-state index contributed by atoms with van der Waals surface area (Å²) in [5, 5.41) is 3.18. The van der Waals surface area contributed by atoms with E-state index >= 15 is 0 Å². The molecule has 1 heterocycles. The number of benzene rings is 2. The number of piperazine rings is 1. The van der Waals surface area contributed by atoms with Gasteiger partial charge in [-0.3, -0.25) is 9.69 Å². The fourth-order valence-corrected chi connectivity index (χ4v) is 4.00. The molecule has 0 bridgehead atoms. The van der Waals surface area contributed by atoms with Gasteiger partial charge in [-0.2, -0.15) is 0 Å². The zero-order valence-electron chi connectivity index (χ0n) is 17.8. The lowest BCUT2D eigenvalue weighted by atomic mass is 9.96. The highest BCUT2D eigenvalue weighted by atomic mass is 16.5. The maximum atomic E-state index is 12.8. The second-order valence-corrected chi connectivity index (χ2v) is 7.63. The van der Waals surface area contributed by atoms with Gasteiger partial charge in [0.15, 0.2) is 0 Å². The lowest BCUT2D eigenvalue weighted by Gasteiger charge is -2.39. The molecule has 1 fully saturated rings.